The number of anilines is 2. The van der Waals surface area contributed by atoms with Crippen LogP contribution in [-0.2, 0) is 0 Å². The lowest BCUT2D eigenvalue weighted by Crippen LogP contribution is -2.12. The summed E-state index contributed by atoms with van der Waals surface area (Å²) in [6, 6.07) is 8.52. The first kappa shape index (κ1) is 16.2. The molecule has 110 valence electrons. The molecule has 0 heterocycles. The van der Waals surface area contributed by atoms with Crippen molar-refractivity contribution >= 4 is 63.4 Å². The van der Waals surface area contributed by atoms with E-state index >= 15 is 0 Å². The molecule has 0 aliphatic rings. The van der Waals surface area contributed by atoms with E-state index in [1.165, 1.54) is 0 Å². The fourth-order valence-corrected chi connectivity index (χ4v) is 2.50. The van der Waals surface area contributed by atoms with Crippen molar-refractivity contribution in [1.29, 1.82) is 0 Å². The van der Waals surface area contributed by atoms with Gasteiger partial charge in [-0.05, 0) is 24.3 Å². The highest BCUT2D eigenvalue weighted by Gasteiger charge is 2.11. The van der Waals surface area contributed by atoms with Crippen LogP contribution in [-0.4, -0.2) is 12.1 Å². The molecule has 0 atom stereocenters. The lowest BCUT2D eigenvalue weighted by Gasteiger charge is -2.14. The zero-order valence-electron chi connectivity index (χ0n) is 10.9. The van der Waals surface area contributed by atoms with Crippen LogP contribution >= 0.6 is 47.0 Å². The number of rotatable bonds is 4. The molecule has 0 radical (unpaired) electrons. The highest BCUT2D eigenvalue weighted by molar-refractivity contribution is 7.80. The lowest BCUT2D eigenvalue weighted by atomic mass is 10.1. The van der Waals surface area contributed by atoms with Crippen molar-refractivity contribution < 1.29 is 4.74 Å². The molecule has 2 aromatic carbocycles. The molecule has 21 heavy (non-hydrogen) atoms. The van der Waals surface area contributed by atoms with E-state index in [1.54, 1.807) is 37.4 Å². The van der Waals surface area contributed by atoms with Gasteiger partial charge in [-0.3, -0.25) is 0 Å². The van der Waals surface area contributed by atoms with Crippen LogP contribution < -0.4 is 15.8 Å². The predicted octanol–water partition coefficient (Wildman–Crippen LogP) is 5.03. The van der Waals surface area contributed by atoms with Gasteiger partial charge in [0.25, 0.3) is 0 Å². The molecule has 0 saturated carbocycles. The molecule has 2 rings (SSSR count). The Labute approximate surface area is 142 Å². The summed E-state index contributed by atoms with van der Waals surface area (Å²) in [6.07, 6.45) is 0. The van der Waals surface area contributed by atoms with E-state index in [2.05, 4.69) is 5.32 Å². The third kappa shape index (κ3) is 3.71. The minimum atomic E-state index is 0.260. The molecule has 3 N–H and O–H groups in total. The van der Waals surface area contributed by atoms with Gasteiger partial charge in [0, 0.05) is 11.6 Å². The highest BCUT2D eigenvalue weighted by Crippen LogP contribution is 2.35. The van der Waals surface area contributed by atoms with Crippen LogP contribution in [0.4, 0.5) is 11.4 Å². The normalized spacial score (nSPS) is 10.3. The van der Waals surface area contributed by atoms with Gasteiger partial charge in [-0.1, -0.05) is 47.0 Å². The number of nitrogens with two attached hydrogens (primary N) is 1. The van der Waals surface area contributed by atoms with E-state index in [4.69, 9.17) is 57.5 Å². The fourth-order valence-electron chi connectivity index (χ4n) is 1.73. The van der Waals surface area contributed by atoms with Crippen LogP contribution in [0.1, 0.15) is 5.56 Å². The fraction of sp³-hybridized carbons (Fsp3) is 0.0714. The summed E-state index contributed by atoms with van der Waals surface area (Å²) in [5.74, 6) is 0.661. The molecule has 0 aromatic heterocycles. The van der Waals surface area contributed by atoms with Gasteiger partial charge < -0.3 is 15.8 Å². The van der Waals surface area contributed by atoms with Gasteiger partial charge in [-0.25, -0.2) is 0 Å². The Hall–Kier alpha value is -1.20. The molecule has 0 spiro atoms. The zero-order chi connectivity index (χ0) is 15.6. The van der Waals surface area contributed by atoms with E-state index in [9.17, 15) is 0 Å². The summed E-state index contributed by atoms with van der Waals surface area (Å²) in [6.45, 7) is 0. The van der Waals surface area contributed by atoms with Gasteiger partial charge in [0.2, 0.25) is 0 Å². The Morgan fingerprint density at radius 2 is 1.71 bits per heavy atom. The first-order valence-corrected chi connectivity index (χ1v) is 7.36. The van der Waals surface area contributed by atoms with E-state index in [0.717, 1.165) is 0 Å². The van der Waals surface area contributed by atoms with Crippen molar-refractivity contribution in [2.45, 2.75) is 0 Å². The predicted molar refractivity (Wildman–Crippen MR) is 93.6 cm³/mol. The van der Waals surface area contributed by atoms with Gasteiger partial charge in [0.1, 0.15) is 10.7 Å². The summed E-state index contributed by atoms with van der Waals surface area (Å²) < 4.78 is 5.20. The van der Waals surface area contributed by atoms with E-state index < -0.39 is 0 Å². The maximum absolute atomic E-state index is 6.16. The molecule has 0 fully saturated rings. The first-order chi connectivity index (χ1) is 9.92. The number of halogens is 3. The van der Waals surface area contributed by atoms with E-state index in [-0.39, 0.29) is 4.99 Å². The minimum absolute atomic E-state index is 0.260. The van der Waals surface area contributed by atoms with Crippen LogP contribution in [0, 0.1) is 0 Å². The third-order valence-corrected chi connectivity index (χ3v) is 4.03. The number of nitrogens with one attached hydrogen (secondary N) is 1. The Balaban J connectivity index is 2.47. The third-order valence-electron chi connectivity index (χ3n) is 2.77. The van der Waals surface area contributed by atoms with Crippen LogP contribution in [0.5, 0.6) is 5.75 Å². The number of methoxy groups -OCH3 is 1. The number of thiocarbonyl (C=S) groups is 1. The topological polar surface area (TPSA) is 47.3 Å². The molecule has 3 nitrogen and oxygen atoms in total. The molecule has 0 bridgehead atoms. The van der Waals surface area contributed by atoms with Crippen molar-refractivity contribution in [2.75, 3.05) is 12.4 Å². The van der Waals surface area contributed by atoms with Crippen molar-refractivity contribution in [1.82, 2.24) is 0 Å². The van der Waals surface area contributed by atoms with Crippen molar-refractivity contribution in [3.8, 4) is 5.75 Å². The molecule has 0 unspecified atom stereocenters. The molecular weight excluding hydrogens is 351 g/mol. The van der Waals surface area contributed by atoms with Gasteiger partial charge in [-0.15, -0.1) is 0 Å². The van der Waals surface area contributed by atoms with Crippen molar-refractivity contribution in [3.05, 3.63) is 51.0 Å². The Kier molecular flexibility index (Phi) is 5.17. The summed E-state index contributed by atoms with van der Waals surface area (Å²) in [4.78, 5) is 0.260. The molecule has 0 saturated heterocycles. The molecule has 0 aliphatic heterocycles. The minimum Gasteiger partial charge on any atom is -0.497 e. The second-order valence-corrected chi connectivity index (χ2v) is 5.81. The molecule has 7 heteroatoms. The average molecular weight is 362 g/mol. The quantitative estimate of drug-likeness (QED) is 0.592. The SMILES string of the molecule is COc1ccc(C(N)=S)c(Nc2cc(Cl)c(Cl)cc2Cl)c1. The number of hydrogen-bond donors (Lipinski definition) is 2. The Morgan fingerprint density at radius 1 is 1.05 bits per heavy atom. The van der Waals surface area contributed by atoms with Crippen molar-refractivity contribution in [2.24, 2.45) is 5.73 Å². The summed E-state index contributed by atoms with van der Waals surface area (Å²) >= 11 is 23.1. The van der Waals surface area contributed by atoms with Gasteiger partial charge in [0.15, 0.2) is 0 Å². The molecule has 0 amide bonds. The maximum Gasteiger partial charge on any atom is 0.120 e. The first-order valence-electron chi connectivity index (χ1n) is 5.81. The second-order valence-electron chi connectivity index (χ2n) is 4.15. The summed E-state index contributed by atoms with van der Waals surface area (Å²) in [5.41, 5.74) is 7.66. The van der Waals surface area contributed by atoms with Crippen LogP contribution in [0.25, 0.3) is 0 Å². The van der Waals surface area contributed by atoms with Crippen LogP contribution in [0.15, 0.2) is 30.3 Å². The number of benzene rings is 2. The van der Waals surface area contributed by atoms with E-state index in [1.807, 2.05) is 0 Å². The van der Waals surface area contributed by atoms with Gasteiger partial charge in [-0.2, -0.15) is 0 Å². The van der Waals surface area contributed by atoms with Crippen molar-refractivity contribution in [3.63, 3.8) is 0 Å². The average Bonchev–Trinajstić information content (AvgIpc) is 2.44. The lowest BCUT2D eigenvalue weighted by molar-refractivity contribution is 0.415. The largest absolute Gasteiger partial charge is 0.497 e. The number of ether oxygens (including phenoxy) is 1. The van der Waals surface area contributed by atoms with E-state index in [0.29, 0.717) is 37.8 Å². The zero-order valence-corrected chi connectivity index (χ0v) is 14.0. The standard InChI is InChI=1S/C14H11Cl3N2OS/c1-20-7-2-3-8(14(18)21)12(4-7)19-13-6-10(16)9(15)5-11(13)17/h2-6,19H,1H3,(H2,18,21). The monoisotopic (exact) mass is 360 g/mol. The van der Waals surface area contributed by atoms with Crippen LogP contribution in [0.2, 0.25) is 15.1 Å². The Bertz CT molecular complexity index is 707. The Morgan fingerprint density at radius 3 is 2.33 bits per heavy atom. The van der Waals surface area contributed by atoms with Crippen LogP contribution in [0.3, 0.4) is 0 Å². The summed E-state index contributed by atoms with van der Waals surface area (Å²) in [7, 11) is 1.58. The second kappa shape index (κ2) is 6.71. The molecule has 0 aliphatic carbocycles. The van der Waals surface area contributed by atoms with Gasteiger partial charge >= 0.3 is 0 Å². The highest BCUT2D eigenvalue weighted by atomic mass is 35.5. The molecule has 2 aromatic rings. The molecular formula is C14H11Cl3N2OS. The maximum atomic E-state index is 6.16. The number of hydrogen-bond acceptors (Lipinski definition) is 3. The summed E-state index contributed by atoms with van der Waals surface area (Å²) in [5, 5.41) is 4.35. The van der Waals surface area contributed by atoms with Gasteiger partial charge in [0.05, 0.1) is 33.6 Å². The smallest absolute Gasteiger partial charge is 0.120 e.